The molecule has 0 saturated heterocycles. The van der Waals surface area contributed by atoms with Crippen LogP contribution >= 0.6 is 22.6 Å². The van der Waals surface area contributed by atoms with Crippen LogP contribution in [-0.4, -0.2) is 19.3 Å². The van der Waals surface area contributed by atoms with Crippen LogP contribution in [0.2, 0.25) is 0 Å². The van der Waals surface area contributed by atoms with Gasteiger partial charge in [0.25, 0.3) is 0 Å². The van der Waals surface area contributed by atoms with E-state index in [1.807, 2.05) is 12.1 Å². The van der Waals surface area contributed by atoms with Gasteiger partial charge in [-0.25, -0.2) is 0 Å². The van der Waals surface area contributed by atoms with E-state index in [1.165, 1.54) is 0 Å². The van der Waals surface area contributed by atoms with E-state index in [0.29, 0.717) is 17.9 Å². The van der Waals surface area contributed by atoms with E-state index >= 15 is 0 Å². The summed E-state index contributed by atoms with van der Waals surface area (Å²) in [7, 11) is 0. The number of carbonyl (C=O) groups excluding carboxylic acids is 1. The summed E-state index contributed by atoms with van der Waals surface area (Å²) in [5, 5.41) is 11.8. The van der Waals surface area contributed by atoms with Crippen LogP contribution in [0, 0.1) is 21.8 Å². The Morgan fingerprint density at radius 1 is 1.31 bits per heavy atom. The Morgan fingerprint density at radius 2 is 2.04 bits per heavy atom. The molecule has 0 spiro atoms. The molecule has 1 radical (unpaired) electrons. The monoisotopic (exact) mass is 463 g/mol. The predicted octanol–water partition coefficient (Wildman–Crippen LogP) is 4.09. The summed E-state index contributed by atoms with van der Waals surface area (Å²) in [5.74, 6) is 0.346. The second kappa shape index (κ2) is 10.0. The number of aryl methyl sites for hydroxylation is 1. The number of nitrogens with one attached hydrogen (secondary N) is 1. The molecular weight excluding hydrogens is 443 g/mol. The fraction of sp³-hybridized carbons (Fsp3) is 0.250. The van der Waals surface area contributed by atoms with Gasteiger partial charge in [-0.2, -0.15) is 5.26 Å². The number of hydrogen-bond donors (Lipinski definition) is 1. The Labute approximate surface area is 167 Å². The van der Waals surface area contributed by atoms with Crippen molar-refractivity contribution in [3.63, 3.8) is 0 Å². The highest BCUT2D eigenvalue weighted by Gasteiger charge is 2.14. The number of carbonyl (C=O) groups is 1. The van der Waals surface area contributed by atoms with Gasteiger partial charge in [0.1, 0.15) is 5.75 Å². The van der Waals surface area contributed by atoms with Crippen LogP contribution in [-0.2, 0) is 22.4 Å². The van der Waals surface area contributed by atoms with Crippen LogP contribution in [0.4, 0.5) is 5.69 Å². The van der Waals surface area contributed by atoms with E-state index < -0.39 is 0 Å². The molecule has 1 N–H and O–H groups in total. The molecule has 2 aromatic carbocycles. The second-order valence-corrected chi connectivity index (χ2v) is 6.63. The zero-order chi connectivity index (χ0) is 18.9. The molecule has 2 rings (SSSR count). The molecule has 0 aliphatic carbocycles. The Hall–Kier alpha value is -2.27. The third kappa shape index (κ3) is 5.63. The highest BCUT2D eigenvalue weighted by Crippen LogP contribution is 2.28. The SMILES string of the molecule is [CH2]COc1c(I)cc(CC)cc1CC(=O)OCNc1ccc(C#N)cc1. The highest BCUT2D eigenvalue weighted by molar-refractivity contribution is 14.1. The summed E-state index contributed by atoms with van der Waals surface area (Å²) in [6.45, 7) is 6.13. The summed E-state index contributed by atoms with van der Waals surface area (Å²) in [6, 6.07) is 13.0. The fourth-order valence-electron chi connectivity index (χ4n) is 2.38. The minimum atomic E-state index is -0.343. The summed E-state index contributed by atoms with van der Waals surface area (Å²) in [6.07, 6.45) is 1.01. The smallest absolute Gasteiger partial charge is 0.312 e. The number of benzene rings is 2. The molecule has 0 aliphatic heterocycles. The standard InChI is InChI=1S/C20H20IN2O3/c1-3-14-9-16(20(25-4-2)18(21)10-14)11-19(24)26-13-23-17-7-5-15(12-22)6-8-17/h5-10,23H,2-4,11,13H2,1H3. The van der Waals surface area contributed by atoms with Crippen LogP contribution in [0.15, 0.2) is 36.4 Å². The Morgan fingerprint density at radius 3 is 2.65 bits per heavy atom. The van der Waals surface area contributed by atoms with Crippen LogP contribution in [0.1, 0.15) is 23.6 Å². The minimum Gasteiger partial charge on any atom is -0.492 e. The first-order chi connectivity index (χ1) is 12.6. The zero-order valence-electron chi connectivity index (χ0n) is 14.5. The van der Waals surface area contributed by atoms with E-state index in [9.17, 15) is 4.79 Å². The van der Waals surface area contributed by atoms with Gasteiger partial charge >= 0.3 is 5.97 Å². The third-order valence-corrected chi connectivity index (χ3v) is 4.49. The maximum absolute atomic E-state index is 12.2. The first-order valence-corrected chi connectivity index (χ1v) is 9.28. The van der Waals surface area contributed by atoms with Gasteiger partial charge in [-0.3, -0.25) is 4.79 Å². The third-order valence-electron chi connectivity index (χ3n) is 3.69. The summed E-state index contributed by atoms with van der Waals surface area (Å²) < 4.78 is 11.8. The molecule has 135 valence electrons. The van der Waals surface area contributed by atoms with Gasteiger partial charge in [-0.1, -0.05) is 13.0 Å². The van der Waals surface area contributed by atoms with Crippen LogP contribution in [0.5, 0.6) is 5.75 Å². The number of nitriles is 1. The molecule has 0 heterocycles. The van der Waals surface area contributed by atoms with Crippen LogP contribution < -0.4 is 10.1 Å². The molecule has 2 aromatic rings. The first kappa shape index (κ1) is 20.0. The van der Waals surface area contributed by atoms with Crippen molar-refractivity contribution in [3.8, 4) is 11.8 Å². The van der Waals surface area contributed by atoms with Crippen LogP contribution in [0.3, 0.4) is 0 Å². The highest BCUT2D eigenvalue weighted by atomic mass is 127. The molecular formula is C20H20IN2O3. The van der Waals surface area contributed by atoms with E-state index in [0.717, 1.165) is 26.8 Å². The molecule has 6 heteroatoms. The lowest BCUT2D eigenvalue weighted by Crippen LogP contribution is -2.15. The summed E-state index contributed by atoms with van der Waals surface area (Å²) in [5.41, 5.74) is 3.31. The van der Waals surface area contributed by atoms with Gasteiger partial charge in [-0.05, 0) is 71.8 Å². The van der Waals surface area contributed by atoms with Gasteiger partial charge < -0.3 is 14.8 Å². The van der Waals surface area contributed by atoms with Crippen molar-refractivity contribution >= 4 is 34.2 Å². The van der Waals surface area contributed by atoms with Crippen molar-refractivity contribution in [2.24, 2.45) is 0 Å². The van der Waals surface area contributed by atoms with E-state index in [2.05, 4.69) is 47.8 Å². The Kier molecular flexibility index (Phi) is 7.73. The van der Waals surface area contributed by atoms with Gasteiger partial charge in [0.2, 0.25) is 0 Å². The number of esters is 1. The van der Waals surface area contributed by atoms with Gasteiger partial charge in [0.15, 0.2) is 6.73 Å². The molecule has 0 unspecified atom stereocenters. The average Bonchev–Trinajstić information content (AvgIpc) is 2.64. The Bertz CT molecular complexity index is 798. The van der Waals surface area contributed by atoms with Crippen molar-refractivity contribution in [2.45, 2.75) is 19.8 Å². The fourth-order valence-corrected chi connectivity index (χ4v) is 3.28. The number of halogens is 1. The largest absolute Gasteiger partial charge is 0.492 e. The lowest BCUT2D eigenvalue weighted by Gasteiger charge is -2.14. The molecule has 0 amide bonds. The average molecular weight is 463 g/mol. The molecule has 0 bridgehead atoms. The number of anilines is 1. The zero-order valence-corrected chi connectivity index (χ0v) is 16.7. The van der Waals surface area contributed by atoms with Crippen LogP contribution in [0.25, 0.3) is 0 Å². The van der Waals surface area contributed by atoms with Gasteiger partial charge in [0.05, 0.1) is 28.2 Å². The number of ether oxygens (including phenoxy) is 2. The van der Waals surface area contributed by atoms with Crippen molar-refractivity contribution in [1.29, 1.82) is 5.26 Å². The van der Waals surface area contributed by atoms with Crippen molar-refractivity contribution < 1.29 is 14.3 Å². The maximum Gasteiger partial charge on any atom is 0.312 e. The predicted molar refractivity (Wildman–Crippen MR) is 109 cm³/mol. The summed E-state index contributed by atoms with van der Waals surface area (Å²) in [4.78, 5) is 12.2. The maximum atomic E-state index is 12.2. The van der Waals surface area contributed by atoms with Gasteiger partial charge in [0, 0.05) is 11.3 Å². The molecule has 0 aliphatic rings. The molecule has 0 saturated carbocycles. The lowest BCUT2D eigenvalue weighted by molar-refractivity contribution is -0.142. The molecule has 0 fully saturated rings. The van der Waals surface area contributed by atoms with Crippen molar-refractivity contribution in [1.82, 2.24) is 0 Å². The summed E-state index contributed by atoms with van der Waals surface area (Å²) >= 11 is 2.21. The number of nitrogens with zero attached hydrogens (tertiary/aromatic N) is 1. The van der Waals surface area contributed by atoms with Gasteiger partial charge in [-0.15, -0.1) is 0 Å². The quantitative estimate of drug-likeness (QED) is 0.363. The Balaban J connectivity index is 1.96. The van der Waals surface area contributed by atoms with E-state index in [4.69, 9.17) is 14.7 Å². The normalized spacial score (nSPS) is 10.1. The number of rotatable bonds is 8. The molecule has 0 aromatic heterocycles. The van der Waals surface area contributed by atoms with Crippen molar-refractivity contribution in [3.05, 3.63) is 63.6 Å². The minimum absolute atomic E-state index is 0.0564. The first-order valence-electron chi connectivity index (χ1n) is 8.20. The molecule has 26 heavy (non-hydrogen) atoms. The number of hydrogen-bond acceptors (Lipinski definition) is 5. The van der Waals surface area contributed by atoms with E-state index in [-0.39, 0.29) is 19.1 Å². The second-order valence-electron chi connectivity index (χ2n) is 5.47. The van der Waals surface area contributed by atoms with Crippen molar-refractivity contribution in [2.75, 3.05) is 18.7 Å². The topological polar surface area (TPSA) is 71.3 Å². The molecule has 5 nitrogen and oxygen atoms in total. The lowest BCUT2D eigenvalue weighted by atomic mass is 10.1. The molecule has 0 atom stereocenters. The van der Waals surface area contributed by atoms with E-state index in [1.54, 1.807) is 24.3 Å².